The average molecular weight is 386 g/mol. The van der Waals surface area contributed by atoms with Gasteiger partial charge in [0, 0.05) is 31.8 Å². The van der Waals surface area contributed by atoms with Gasteiger partial charge in [-0.3, -0.25) is 9.59 Å². The minimum absolute atomic E-state index is 0.0188. The molecular formula is C22H30N2O4. The van der Waals surface area contributed by atoms with Gasteiger partial charge in [-0.05, 0) is 49.4 Å². The van der Waals surface area contributed by atoms with E-state index in [1.54, 1.807) is 0 Å². The molecule has 1 atom stereocenters. The summed E-state index contributed by atoms with van der Waals surface area (Å²) >= 11 is 0. The number of ether oxygens (including phenoxy) is 2. The fraction of sp³-hybridized carbons (Fsp3) is 0.636. The standard InChI is InChI=1S/C22H30N2O4/c1-15-17-12-19-20(28-11-10-27-19)13-18(17)22(7-3-4-8-22)14-24(15)21(26)6-5-9-23-16(2)25/h12-13,15H,3-11,14H2,1-2H3,(H,23,25)/t15-/m1/s1. The first-order valence-electron chi connectivity index (χ1n) is 10.5. The Morgan fingerprint density at radius 1 is 1.18 bits per heavy atom. The summed E-state index contributed by atoms with van der Waals surface area (Å²) in [5.41, 5.74) is 2.59. The number of fused-ring (bicyclic) bond motifs is 3. The number of nitrogens with one attached hydrogen (secondary N) is 1. The van der Waals surface area contributed by atoms with Crippen molar-refractivity contribution in [3.8, 4) is 11.5 Å². The van der Waals surface area contributed by atoms with Crippen LogP contribution in [0.2, 0.25) is 0 Å². The molecule has 2 aliphatic heterocycles. The van der Waals surface area contributed by atoms with Gasteiger partial charge < -0.3 is 19.7 Å². The zero-order chi connectivity index (χ0) is 19.7. The molecule has 1 aliphatic carbocycles. The van der Waals surface area contributed by atoms with Crippen molar-refractivity contribution < 1.29 is 19.1 Å². The summed E-state index contributed by atoms with van der Waals surface area (Å²) in [4.78, 5) is 26.1. The van der Waals surface area contributed by atoms with Crippen LogP contribution >= 0.6 is 0 Å². The first-order chi connectivity index (χ1) is 13.5. The molecule has 6 heteroatoms. The summed E-state index contributed by atoms with van der Waals surface area (Å²) in [6.07, 6.45) is 5.76. The van der Waals surface area contributed by atoms with Crippen LogP contribution in [0.3, 0.4) is 0 Å². The van der Waals surface area contributed by atoms with Crippen LogP contribution in [-0.4, -0.2) is 43.0 Å². The summed E-state index contributed by atoms with van der Waals surface area (Å²) in [7, 11) is 0. The summed E-state index contributed by atoms with van der Waals surface area (Å²) in [5.74, 6) is 1.76. The number of hydrogen-bond donors (Lipinski definition) is 1. The maximum atomic E-state index is 13.0. The lowest BCUT2D eigenvalue weighted by Crippen LogP contribution is -2.48. The third-order valence-corrected chi connectivity index (χ3v) is 6.50. The van der Waals surface area contributed by atoms with Crippen molar-refractivity contribution in [2.45, 2.75) is 63.8 Å². The molecule has 1 spiro atoms. The Hall–Kier alpha value is -2.24. The number of nitrogens with zero attached hydrogens (tertiary/aromatic N) is 1. The molecule has 6 nitrogen and oxygen atoms in total. The quantitative estimate of drug-likeness (QED) is 0.808. The Labute approximate surface area is 166 Å². The minimum atomic E-state index is -0.0513. The number of amides is 2. The van der Waals surface area contributed by atoms with Crippen LogP contribution in [0.15, 0.2) is 12.1 Å². The molecule has 2 amide bonds. The maximum absolute atomic E-state index is 13.0. The highest BCUT2D eigenvalue weighted by Gasteiger charge is 2.46. The van der Waals surface area contributed by atoms with Gasteiger partial charge in [0.25, 0.3) is 0 Å². The van der Waals surface area contributed by atoms with E-state index in [0.717, 1.165) is 30.9 Å². The van der Waals surface area contributed by atoms with Gasteiger partial charge in [-0.2, -0.15) is 0 Å². The molecule has 1 aromatic carbocycles. The summed E-state index contributed by atoms with van der Waals surface area (Å²) < 4.78 is 11.7. The number of carbonyl (C=O) groups is 2. The molecule has 1 saturated carbocycles. The van der Waals surface area contributed by atoms with Crippen LogP contribution in [0.5, 0.6) is 11.5 Å². The average Bonchev–Trinajstić information content (AvgIpc) is 3.16. The van der Waals surface area contributed by atoms with Crippen LogP contribution in [0.1, 0.15) is 69.5 Å². The normalized spacial score (nSPS) is 22.1. The first-order valence-corrected chi connectivity index (χ1v) is 10.5. The van der Waals surface area contributed by atoms with Gasteiger partial charge in [0.05, 0.1) is 6.04 Å². The van der Waals surface area contributed by atoms with Gasteiger partial charge in [0.15, 0.2) is 11.5 Å². The van der Waals surface area contributed by atoms with Crippen LogP contribution in [0.25, 0.3) is 0 Å². The number of carbonyl (C=O) groups excluding carboxylic acids is 2. The Bertz CT molecular complexity index is 770. The molecule has 0 unspecified atom stereocenters. The van der Waals surface area contributed by atoms with Crippen LogP contribution in [0.4, 0.5) is 0 Å². The zero-order valence-electron chi connectivity index (χ0n) is 16.9. The molecular weight excluding hydrogens is 356 g/mol. The van der Waals surface area contributed by atoms with E-state index in [9.17, 15) is 9.59 Å². The van der Waals surface area contributed by atoms with Gasteiger partial charge in [0.2, 0.25) is 11.8 Å². The topological polar surface area (TPSA) is 67.9 Å². The third-order valence-electron chi connectivity index (χ3n) is 6.50. The second-order valence-electron chi connectivity index (χ2n) is 8.35. The van der Waals surface area contributed by atoms with Gasteiger partial charge in [-0.1, -0.05) is 12.8 Å². The van der Waals surface area contributed by atoms with Crippen LogP contribution < -0.4 is 14.8 Å². The monoisotopic (exact) mass is 386 g/mol. The molecule has 2 heterocycles. The molecule has 0 radical (unpaired) electrons. The number of rotatable bonds is 4. The predicted octanol–water partition coefficient (Wildman–Crippen LogP) is 3.09. The van der Waals surface area contributed by atoms with Crippen molar-refractivity contribution in [2.24, 2.45) is 0 Å². The van der Waals surface area contributed by atoms with Crippen LogP contribution in [-0.2, 0) is 15.0 Å². The Kier molecular flexibility index (Phi) is 5.21. The highest BCUT2D eigenvalue weighted by atomic mass is 16.6. The second-order valence-corrected chi connectivity index (χ2v) is 8.35. The molecule has 4 rings (SSSR count). The van der Waals surface area contributed by atoms with Gasteiger partial charge in [-0.15, -0.1) is 0 Å². The van der Waals surface area contributed by atoms with E-state index in [-0.39, 0.29) is 23.3 Å². The first kappa shape index (κ1) is 19.1. The highest BCUT2D eigenvalue weighted by Crippen LogP contribution is 2.52. The predicted molar refractivity (Wildman–Crippen MR) is 106 cm³/mol. The number of hydrogen-bond acceptors (Lipinski definition) is 4. The summed E-state index contributed by atoms with van der Waals surface area (Å²) in [5, 5.41) is 2.77. The lowest BCUT2D eigenvalue weighted by molar-refractivity contribution is -0.135. The molecule has 0 bridgehead atoms. The summed E-state index contributed by atoms with van der Waals surface area (Å²) in [6.45, 7) is 6.10. The third kappa shape index (κ3) is 3.45. The van der Waals surface area contributed by atoms with Crippen molar-refractivity contribution in [3.63, 3.8) is 0 Å². The van der Waals surface area contributed by atoms with Crippen molar-refractivity contribution >= 4 is 11.8 Å². The van der Waals surface area contributed by atoms with Crippen molar-refractivity contribution in [2.75, 3.05) is 26.3 Å². The van der Waals surface area contributed by atoms with E-state index in [4.69, 9.17) is 9.47 Å². The van der Waals surface area contributed by atoms with E-state index in [2.05, 4.69) is 29.3 Å². The van der Waals surface area contributed by atoms with Crippen LogP contribution in [0, 0.1) is 0 Å². The molecule has 1 N–H and O–H groups in total. The second kappa shape index (κ2) is 7.64. The lowest BCUT2D eigenvalue weighted by Gasteiger charge is -2.46. The molecule has 28 heavy (non-hydrogen) atoms. The van der Waals surface area contributed by atoms with Crippen molar-refractivity contribution in [1.29, 1.82) is 0 Å². The maximum Gasteiger partial charge on any atom is 0.223 e. The highest BCUT2D eigenvalue weighted by molar-refractivity contribution is 5.78. The number of benzene rings is 1. The Morgan fingerprint density at radius 2 is 1.86 bits per heavy atom. The van der Waals surface area contributed by atoms with Gasteiger partial charge in [0.1, 0.15) is 13.2 Å². The molecule has 0 aromatic heterocycles. The van der Waals surface area contributed by atoms with Crippen molar-refractivity contribution in [3.05, 3.63) is 23.3 Å². The largest absolute Gasteiger partial charge is 0.486 e. The summed E-state index contributed by atoms with van der Waals surface area (Å²) in [6, 6.07) is 4.31. The van der Waals surface area contributed by atoms with E-state index < -0.39 is 0 Å². The molecule has 1 aromatic rings. The van der Waals surface area contributed by atoms with Crippen molar-refractivity contribution in [1.82, 2.24) is 10.2 Å². The zero-order valence-corrected chi connectivity index (χ0v) is 16.9. The smallest absolute Gasteiger partial charge is 0.223 e. The van der Waals surface area contributed by atoms with E-state index >= 15 is 0 Å². The molecule has 152 valence electrons. The van der Waals surface area contributed by atoms with E-state index in [1.165, 1.54) is 30.9 Å². The Morgan fingerprint density at radius 3 is 2.54 bits per heavy atom. The molecule has 3 aliphatic rings. The SMILES string of the molecule is CC(=O)NCCCC(=O)N1CC2(CCCC2)c2cc3c(cc2[C@H]1C)OCCO3. The van der Waals surface area contributed by atoms with Gasteiger partial charge in [-0.25, -0.2) is 0 Å². The lowest BCUT2D eigenvalue weighted by atomic mass is 9.71. The van der Waals surface area contributed by atoms with Gasteiger partial charge >= 0.3 is 0 Å². The molecule has 1 fully saturated rings. The van der Waals surface area contributed by atoms with E-state index in [0.29, 0.717) is 32.6 Å². The van der Waals surface area contributed by atoms with E-state index in [1.807, 2.05) is 0 Å². The Balaban J connectivity index is 1.60. The molecule has 0 saturated heterocycles. The fourth-order valence-electron chi connectivity index (χ4n) is 5.06. The fourth-order valence-corrected chi connectivity index (χ4v) is 5.06. The minimum Gasteiger partial charge on any atom is -0.486 e.